The summed E-state index contributed by atoms with van der Waals surface area (Å²) in [5.41, 5.74) is 0. The maximum absolute atomic E-state index is 12.9. The van der Waals surface area contributed by atoms with E-state index in [0.717, 1.165) is 38.5 Å². The number of carbonyl (C=O) groups excluding carboxylic acids is 2. The molecule has 2 unspecified atom stereocenters. The van der Waals surface area contributed by atoms with Gasteiger partial charge in [-0.1, -0.05) is 341 Å². The highest BCUT2D eigenvalue weighted by molar-refractivity contribution is 5.71. The molecule has 0 aromatic rings. The fourth-order valence-corrected chi connectivity index (χ4v) is 10.8. The summed E-state index contributed by atoms with van der Waals surface area (Å²) >= 11 is 0. The minimum atomic E-state index is -1.50. The Kier molecular flexibility index (Phi) is 60.0. The van der Waals surface area contributed by atoms with E-state index in [4.69, 9.17) is 18.9 Å². The number of nitrogens with zero attached hydrogens (tertiary/aromatic N) is 1. The number of quaternary nitrogens is 1. The maximum Gasteiger partial charge on any atom is 0.361 e. The number of hydrogen-bond donors (Lipinski definition) is 1. The Morgan fingerprint density at radius 1 is 0.333 bits per heavy atom. The maximum atomic E-state index is 12.9. The highest BCUT2D eigenvalue weighted by Gasteiger charge is 2.25. The summed E-state index contributed by atoms with van der Waals surface area (Å²) in [6, 6.07) is 0. The van der Waals surface area contributed by atoms with Gasteiger partial charge in [-0.05, 0) is 12.8 Å². The average Bonchev–Trinajstić information content (AvgIpc) is 3.41. The zero-order valence-corrected chi connectivity index (χ0v) is 53.1. The van der Waals surface area contributed by atoms with Crippen LogP contribution in [0.25, 0.3) is 0 Å². The van der Waals surface area contributed by atoms with Crippen LogP contribution in [-0.4, -0.2) is 87.4 Å². The zero-order chi connectivity index (χ0) is 56.9. The molecule has 0 aromatic heterocycles. The third-order valence-corrected chi connectivity index (χ3v) is 16.1. The quantitative estimate of drug-likeness (QED) is 0.0278. The molecular weight excluding hydrogens is 971 g/mol. The number of hydrogen-bond acceptors (Lipinski definition) is 7. The van der Waals surface area contributed by atoms with Gasteiger partial charge in [-0.15, -0.1) is 0 Å². The summed E-state index contributed by atoms with van der Waals surface area (Å²) in [7, 11) is 5.99. The number of carboxylic acid groups (broad SMARTS) is 1. The molecule has 0 aliphatic heterocycles. The van der Waals surface area contributed by atoms with E-state index >= 15 is 0 Å². The fourth-order valence-electron chi connectivity index (χ4n) is 10.8. The lowest BCUT2D eigenvalue weighted by Crippen LogP contribution is -2.40. The second kappa shape index (κ2) is 61.4. The summed E-state index contributed by atoms with van der Waals surface area (Å²) in [5.74, 6) is -1.97. The van der Waals surface area contributed by atoms with Crippen LogP contribution in [0.2, 0.25) is 0 Å². The van der Waals surface area contributed by atoms with Crippen LogP contribution in [0.15, 0.2) is 0 Å². The third-order valence-electron chi connectivity index (χ3n) is 16.1. The number of carboxylic acids is 1. The number of rotatable bonds is 66. The second-order valence-corrected chi connectivity index (χ2v) is 25.2. The van der Waals surface area contributed by atoms with Crippen LogP contribution in [0.3, 0.4) is 0 Å². The van der Waals surface area contributed by atoms with Crippen LogP contribution < -0.4 is 0 Å². The van der Waals surface area contributed by atoms with E-state index in [0.29, 0.717) is 17.4 Å². The molecule has 464 valence electrons. The lowest BCUT2D eigenvalue weighted by atomic mass is 10.0. The summed E-state index contributed by atoms with van der Waals surface area (Å²) in [4.78, 5) is 37.5. The lowest BCUT2D eigenvalue weighted by molar-refractivity contribution is -0.870. The summed E-state index contributed by atoms with van der Waals surface area (Å²) in [5, 5.41) is 9.73. The molecule has 0 heterocycles. The molecule has 0 aromatic carbocycles. The van der Waals surface area contributed by atoms with Crippen LogP contribution in [0.1, 0.15) is 367 Å². The van der Waals surface area contributed by atoms with Gasteiger partial charge in [0.15, 0.2) is 6.10 Å². The van der Waals surface area contributed by atoms with Crippen molar-refractivity contribution in [3.63, 3.8) is 0 Å². The molecule has 0 radical (unpaired) electrons. The van der Waals surface area contributed by atoms with E-state index in [1.54, 1.807) is 0 Å². The van der Waals surface area contributed by atoms with Crippen LogP contribution >= 0.6 is 0 Å². The number of likely N-dealkylation sites (N-methyl/N-ethyl adjacent to an activating group) is 1. The van der Waals surface area contributed by atoms with E-state index < -0.39 is 18.4 Å². The highest BCUT2D eigenvalue weighted by Crippen LogP contribution is 2.19. The predicted molar refractivity (Wildman–Crippen MR) is 332 cm³/mol. The number of carbonyl (C=O) groups is 3. The molecule has 0 rings (SSSR count). The first-order valence-electron chi connectivity index (χ1n) is 34.7. The van der Waals surface area contributed by atoms with Gasteiger partial charge in [0, 0.05) is 12.8 Å². The molecule has 9 heteroatoms. The molecule has 78 heavy (non-hydrogen) atoms. The molecule has 0 amide bonds. The first kappa shape index (κ1) is 76.3. The van der Waals surface area contributed by atoms with Gasteiger partial charge in [0.25, 0.3) is 6.29 Å². The van der Waals surface area contributed by atoms with Crippen LogP contribution in [0, 0.1) is 0 Å². The van der Waals surface area contributed by atoms with Gasteiger partial charge in [0.1, 0.15) is 13.2 Å². The number of unbranched alkanes of at least 4 members (excludes halogenated alkanes) is 51. The Morgan fingerprint density at radius 2 is 0.577 bits per heavy atom. The van der Waals surface area contributed by atoms with Gasteiger partial charge in [0.2, 0.25) is 0 Å². The molecule has 0 bridgehead atoms. The van der Waals surface area contributed by atoms with E-state index in [1.165, 1.54) is 302 Å². The van der Waals surface area contributed by atoms with Crippen molar-refractivity contribution in [3.8, 4) is 0 Å². The number of ether oxygens (including phenoxy) is 4. The highest BCUT2D eigenvalue weighted by atomic mass is 16.7. The Hall–Kier alpha value is -1.71. The molecule has 9 nitrogen and oxygen atoms in total. The van der Waals surface area contributed by atoms with Crippen molar-refractivity contribution >= 4 is 17.9 Å². The molecule has 0 saturated carbocycles. The van der Waals surface area contributed by atoms with E-state index in [9.17, 15) is 19.5 Å². The van der Waals surface area contributed by atoms with Crippen LogP contribution in [-0.2, 0) is 33.3 Å². The molecule has 0 fully saturated rings. The lowest BCUT2D eigenvalue weighted by Gasteiger charge is -2.25. The van der Waals surface area contributed by atoms with Crippen molar-refractivity contribution < 1.29 is 42.9 Å². The smallest absolute Gasteiger partial charge is 0.361 e. The topological polar surface area (TPSA) is 108 Å². The Morgan fingerprint density at radius 3 is 0.821 bits per heavy atom. The van der Waals surface area contributed by atoms with Crippen molar-refractivity contribution in [2.75, 3.05) is 47.5 Å². The Balaban J connectivity index is 3.97. The average molecular weight is 1110 g/mol. The molecule has 0 spiro atoms. The van der Waals surface area contributed by atoms with Crippen LogP contribution in [0.4, 0.5) is 0 Å². The molecule has 2 atom stereocenters. The molecule has 0 saturated heterocycles. The first-order chi connectivity index (χ1) is 38.1. The van der Waals surface area contributed by atoms with Crippen molar-refractivity contribution in [1.82, 2.24) is 0 Å². The van der Waals surface area contributed by atoms with E-state index in [1.807, 2.05) is 21.1 Å². The summed E-state index contributed by atoms with van der Waals surface area (Å²) in [6.45, 7) is 4.96. The van der Waals surface area contributed by atoms with Gasteiger partial charge >= 0.3 is 17.9 Å². The van der Waals surface area contributed by atoms with E-state index in [2.05, 4.69) is 13.8 Å². The third kappa shape index (κ3) is 61.9. The fraction of sp³-hybridized carbons (Fsp3) is 0.957. The summed E-state index contributed by atoms with van der Waals surface area (Å²) in [6.07, 6.45) is 69.4. The standard InChI is InChI=1S/C69H135NO8/c1-6-8-10-12-14-16-18-20-22-24-26-27-28-29-30-31-32-33-34-35-36-37-38-39-40-41-42-44-46-48-50-52-54-56-58-60-67(72)78-65(64-77-69(68(73)74)75-62-61-70(3,4)5)63-76-66(71)59-57-55-53-51-49-47-45-43-25-23-21-19-17-15-13-11-9-7-2/h65,69H,6-64H2,1-5H3/p+1. The van der Waals surface area contributed by atoms with Crippen molar-refractivity contribution in [2.45, 2.75) is 379 Å². The summed E-state index contributed by atoms with van der Waals surface area (Å²) < 4.78 is 23.0. The van der Waals surface area contributed by atoms with Gasteiger partial charge in [-0.3, -0.25) is 9.59 Å². The Labute approximate surface area is 485 Å². The number of esters is 2. The molecule has 0 aliphatic carbocycles. The van der Waals surface area contributed by atoms with Gasteiger partial charge in [-0.25, -0.2) is 4.79 Å². The van der Waals surface area contributed by atoms with E-state index in [-0.39, 0.29) is 38.2 Å². The molecule has 1 N–H and O–H groups in total. The van der Waals surface area contributed by atoms with Gasteiger partial charge in [0.05, 0.1) is 34.4 Å². The minimum absolute atomic E-state index is 0.172. The van der Waals surface area contributed by atoms with Crippen molar-refractivity contribution in [2.24, 2.45) is 0 Å². The van der Waals surface area contributed by atoms with Crippen molar-refractivity contribution in [3.05, 3.63) is 0 Å². The molecular formula is C69H136NO8+. The monoisotopic (exact) mass is 1110 g/mol. The number of aliphatic carboxylic acids is 1. The SMILES string of the molecule is CCCCCCCCCCCCCCCCCCCCCCCCCCCCCCCCCCCCCC(=O)OC(COC(=O)CCCCCCCCCCCCCCCCCCCC)COC(OCC[N+](C)(C)C)C(=O)O. The van der Waals surface area contributed by atoms with Crippen LogP contribution in [0.5, 0.6) is 0 Å². The first-order valence-corrected chi connectivity index (χ1v) is 34.7. The van der Waals surface area contributed by atoms with Gasteiger partial charge < -0.3 is 28.5 Å². The second-order valence-electron chi connectivity index (χ2n) is 25.2. The zero-order valence-electron chi connectivity index (χ0n) is 53.1. The largest absolute Gasteiger partial charge is 0.477 e. The predicted octanol–water partition coefficient (Wildman–Crippen LogP) is 21.1. The van der Waals surface area contributed by atoms with Crippen molar-refractivity contribution in [1.29, 1.82) is 0 Å². The minimum Gasteiger partial charge on any atom is -0.477 e. The molecule has 0 aliphatic rings. The van der Waals surface area contributed by atoms with Gasteiger partial charge in [-0.2, -0.15) is 0 Å². The Bertz CT molecular complexity index is 1240. The normalized spacial score (nSPS) is 12.6.